The molecule has 21 heavy (non-hydrogen) atoms. The van der Waals surface area contributed by atoms with E-state index in [1.165, 1.54) is 6.07 Å². The minimum absolute atomic E-state index is 0.0524. The van der Waals surface area contributed by atoms with E-state index in [0.717, 1.165) is 12.5 Å². The van der Waals surface area contributed by atoms with Crippen LogP contribution in [0.2, 0.25) is 0 Å². The largest absolute Gasteiger partial charge is 0.487 e. The Morgan fingerprint density at radius 3 is 2.57 bits per heavy atom. The van der Waals surface area contributed by atoms with Gasteiger partial charge in [-0.25, -0.2) is 8.78 Å². The Hall–Kier alpha value is -1.56. The maximum atomic E-state index is 13.7. The van der Waals surface area contributed by atoms with E-state index in [9.17, 15) is 13.6 Å². The van der Waals surface area contributed by atoms with Crippen LogP contribution in [0.15, 0.2) is 12.1 Å². The number of hydrogen-bond donors (Lipinski definition) is 1. The van der Waals surface area contributed by atoms with Gasteiger partial charge in [0.2, 0.25) is 5.91 Å². The smallest absolute Gasteiger partial charge is 0.227 e. The van der Waals surface area contributed by atoms with Crippen LogP contribution in [-0.4, -0.2) is 17.6 Å². The lowest BCUT2D eigenvalue weighted by Gasteiger charge is -2.12. The molecule has 1 amide bonds. The summed E-state index contributed by atoms with van der Waals surface area (Å²) in [6.07, 6.45) is 0.855. The summed E-state index contributed by atoms with van der Waals surface area (Å²) < 4.78 is 32.6. The number of benzene rings is 1. The number of nitrogens with one attached hydrogen (secondary N) is 1. The average Bonchev–Trinajstić information content (AvgIpc) is 2.41. The number of halogens is 2. The van der Waals surface area contributed by atoms with E-state index in [4.69, 9.17) is 17.0 Å². The third-order valence-electron chi connectivity index (χ3n) is 2.72. The van der Waals surface area contributed by atoms with Gasteiger partial charge in [0, 0.05) is 18.4 Å². The summed E-state index contributed by atoms with van der Waals surface area (Å²) in [7, 11) is 0. The van der Waals surface area contributed by atoms with Crippen molar-refractivity contribution < 1.29 is 18.3 Å². The number of carbonyl (C=O) groups is 1. The minimum Gasteiger partial charge on any atom is -0.487 e. The summed E-state index contributed by atoms with van der Waals surface area (Å²) in [6, 6.07) is 2.00. The van der Waals surface area contributed by atoms with Crippen molar-refractivity contribution in [2.45, 2.75) is 33.6 Å². The highest BCUT2D eigenvalue weighted by Gasteiger charge is 2.15. The molecule has 0 saturated heterocycles. The summed E-state index contributed by atoms with van der Waals surface area (Å²) in [6.45, 7) is 5.76. The average molecular weight is 315 g/mol. The molecule has 0 fully saturated rings. The number of thiocarbonyl (C=S) groups is 1. The topological polar surface area (TPSA) is 38.3 Å². The number of amides is 1. The highest BCUT2D eigenvalue weighted by atomic mass is 32.1. The van der Waals surface area contributed by atoms with Crippen molar-refractivity contribution in [1.29, 1.82) is 0 Å². The summed E-state index contributed by atoms with van der Waals surface area (Å²) in [5.41, 5.74) is 0.139. The van der Waals surface area contributed by atoms with E-state index < -0.39 is 11.6 Å². The van der Waals surface area contributed by atoms with Crippen LogP contribution >= 0.6 is 12.2 Å². The van der Waals surface area contributed by atoms with Crippen LogP contribution in [0.3, 0.4) is 0 Å². The normalized spacial score (nSPS) is 10.6. The Balaban J connectivity index is 2.90. The van der Waals surface area contributed by atoms with Crippen molar-refractivity contribution in [2.24, 2.45) is 5.92 Å². The molecule has 1 N–H and O–H groups in total. The van der Waals surface area contributed by atoms with Gasteiger partial charge in [0.15, 0.2) is 5.05 Å². The molecule has 1 aromatic rings. The second kappa shape index (κ2) is 8.02. The minimum atomic E-state index is -0.814. The third-order valence-corrected chi connectivity index (χ3v) is 2.98. The number of hydrogen-bond acceptors (Lipinski definition) is 3. The molecular formula is C15H19F2NO2S. The first-order chi connectivity index (χ1) is 9.85. The van der Waals surface area contributed by atoms with E-state index in [-0.39, 0.29) is 34.5 Å². The van der Waals surface area contributed by atoms with Crippen molar-refractivity contribution in [1.82, 2.24) is 0 Å². The lowest BCUT2D eigenvalue weighted by atomic mass is 10.1. The van der Waals surface area contributed by atoms with Crippen LogP contribution in [0.25, 0.3) is 0 Å². The van der Waals surface area contributed by atoms with Gasteiger partial charge in [-0.2, -0.15) is 0 Å². The Morgan fingerprint density at radius 2 is 2.00 bits per heavy atom. The van der Waals surface area contributed by atoms with Crippen LogP contribution in [0, 0.1) is 17.6 Å². The molecule has 1 rings (SSSR count). The molecule has 0 atom stereocenters. The first kappa shape index (κ1) is 17.5. The van der Waals surface area contributed by atoms with Crippen molar-refractivity contribution in [2.75, 3.05) is 11.9 Å². The third kappa shape index (κ3) is 5.38. The molecule has 0 unspecified atom stereocenters. The predicted molar refractivity (Wildman–Crippen MR) is 82.4 cm³/mol. The zero-order chi connectivity index (χ0) is 16.0. The Morgan fingerprint density at radius 1 is 1.33 bits per heavy atom. The summed E-state index contributed by atoms with van der Waals surface area (Å²) in [5.74, 6) is -2.16. The molecule has 6 heteroatoms. The van der Waals surface area contributed by atoms with E-state index in [1.807, 2.05) is 6.92 Å². The van der Waals surface area contributed by atoms with E-state index in [2.05, 4.69) is 5.32 Å². The van der Waals surface area contributed by atoms with Gasteiger partial charge >= 0.3 is 0 Å². The van der Waals surface area contributed by atoms with Gasteiger partial charge in [-0.3, -0.25) is 4.79 Å². The summed E-state index contributed by atoms with van der Waals surface area (Å²) in [4.78, 5) is 11.6. The molecular weight excluding hydrogens is 296 g/mol. The molecule has 0 heterocycles. The monoisotopic (exact) mass is 315 g/mol. The number of carbonyl (C=O) groups excluding carboxylic acids is 1. The molecule has 0 aromatic heterocycles. The Labute approximate surface area is 128 Å². The lowest BCUT2D eigenvalue weighted by Crippen LogP contribution is -2.19. The molecule has 1 aromatic carbocycles. The van der Waals surface area contributed by atoms with E-state index in [0.29, 0.717) is 6.61 Å². The highest BCUT2D eigenvalue weighted by molar-refractivity contribution is 7.80. The maximum Gasteiger partial charge on any atom is 0.227 e. The highest BCUT2D eigenvalue weighted by Crippen LogP contribution is 2.21. The van der Waals surface area contributed by atoms with Crippen LogP contribution in [0.4, 0.5) is 14.5 Å². The molecule has 0 spiro atoms. The molecule has 3 nitrogen and oxygen atoms in total. The molecule has 116 valence electrons. The second-order valence-corrected chi connectivity index (χ2v) is 5.42. The van der Waals surface area contributed by atoms with Gasteiger partial charge in [-0.05, 0) is 30.3 Å². The lowest BCUT2D eigenvalue weighted by molar-refractivity contribution is -0.118. The quantitative estimate of drug-likeness (QED) is 0.810. The molecule has 0 bridgehead atoms. The van der Waals surface area contributed by atoms with Gasteiger partial charge in [-0.1, -0.05) is 20.8 Å². The van der Waals surface area contributed by atoms with Crippen molar-refractivity contribution in [3.63, 3.8) is 0 Å². The van der Waals surface area contributed by atoms with Crippen LogP contribution in [0.1, 0.15) is 32.8 Å². The standard InChI is InChI=1S/C15H19F2NO2S/c1-4-5-20-14(21)7-10-6-13(12(17)8-11(10)16)18-15(19)9(2)3/h6,8-9H,4-5,7H2,1-3H3,(H,18,19). The SMILES string of the molecule is CCCOC(=S)Cc1cc(NC(=O)C(C)C)c(F)cc1F. The van der Waals surface area contributed by atoms with Gasteiger partial charge in [-0.15, -0.1) is 0 Å². The van der Waals surface area contributed by atoms with Crippen LogP contribution < -0.4 is 5.32 Å². The van der Waals surface area contributed by atoms with Gasteiger partial charge in [0.25, 0.3) is 0 Å². The molecule has 0 aliphatic heterocycles. The fourth-order valence-corrected chi connectivity index (χ4v) is 1.76. The second-order valence-electron chi connectivity index (χ2n) is 4.96. The molecule has 0 aliphatic carbocycles. The Kier molecular flexibility index (Phi) is 6.68. The first-order valence-corrected chi connectivity index (χ1v) is 7.20. The van der Waals surface area contributed by atoms with Crippen LogP contribution in [0.5, 0.6) is 0 Å². The fourth-order valence-electron chi connectivity index (χ4n) is 1.52. The maximum absolute atomic E-state index is 13.7. The zero-order valence-corrected chi connectivity index (χ0v) is 13.2. The molecule has 0 radical (unpaired) electrons. The van der Waals surface area contributed by atoms with Crippen molar-refractivity contribution in [3.05, 3.63) is 29.3 Å². The summed E-state index contributed by atoms with van der Waals surface area (Å²) >= 11 is 5.00. The molecule has 0 saturated carbocycles. The van der Waals surface area contributed by atoms with Crippen molar-refractivity contribution >= 4 is 28.9 Å². The number of ether oxygens (including phenoxy) is 1. The van der Waals surface area contributed by atoms with E-state index in [1.54, 1.807) is 13.8 Å². The van der Waals surface area contributed by atoms with Crippen molar-refractivity contribution in [3.8, 4) is 0 Å². The zero-order valence-electron chi connectivity index (χ0n) is 12.3. The number of rotatable bonds is 6. The predicted octanol–water partition coefficient (Wildman–Crippen LogP) is 3.86. The van der Waals surface area contributed by atoms with Crippen LogP contribution in [-0.2, 0) is 16.0 Å². The van der Waals surface area contributed by atoms with Gasteiger partial charge in [0.05, 0.1) is 12.3 Å². The first-order valence-electron chi connectivity index (χ1n) is 6.79. The fraction of sp³-hybridized carbons (Fsp3) is 0.467. The Bertz CT molecular complexity index is 533. The molecule has 0 aliphatic rings. The number of anilines is 1. The summed E-state index contributed by atoms with van der Waals surface area (Å²) in [5, 5.41) is 2.67. The van der Waals surface area contributed by atoms with Gasteiger partial charge in [0.1, 0.15) is 11.6 Å². The van der Waals surface area contributed by atoms with Gasteiger partial charge < -0.3 is 10.1 Å². The van der Waals surface area contributed by atoms with E-state index >= 15 is 0 Å².